The molecule has 0 unspecified atom stereocenters. The molecule has 2 aromatic rings. The summed E-state index contributed by atoms with van der Waals surface area (Å²) < 4.78 is 0. The van der Waals surface area contributed by atoms with Crippen molar-refractivity contribution >= 4 is 11.6 Å². The summed E-state index contributed by atoms with van der Waals surface area (Å²) in [6.45, 7) is 4.20. The molecule has 0 saturated carbocycles. The van der Waals surface area contributed by atoms with Crippen molar-refractivity contribution in [3.8, 4) is 0 Å². The lowest BCUT2D eigenvalue weighted by Crippen LogP contribution is -1.99. The van der Waals surface area contributed by atoms with E-state index in [9.17, 15) is 0 Å². The molecule has 0 spiro atoms. The van der Waals surface area contributed by atoms with Crippen molar-refractivity contribution < 1.29 is 0 Å². The van der Waals surface area contributed by atoms with E-state index in [-0.39, 0.29) is 0 Å². The summed E-state index contributed by atoms with van der Waals surface area (Å²) in [7, 11) is 0. The van der Waals surface area contributed by atoms with Crippen molar-refractivity contribution in [3.63, 3.8) is 0 Å². The Hall–Kier alpha value is -1.90. The number of nitrogens with zero attached hydrogens (tertiary/aromatic N) is 2. The van der Waals surface area contributed by atoms with Crippen LogP contribution >= 0.6 is 0 Å². The second kappa shape index (κ2) is 5.43. The van der Waals surface area contributed by atoms with Crippen LogP contribution in [0.4, 0.5) is 11.6 Å². The molecule has 0 aliphatic carbocycles. The molecule has 2 rings (SSSR count). The first-order chi connectivity index (χ1) is 8.31. The average Bonchev–Trinajstić information content (AvgIpc) is 2.39. The Morgan fingerprint density at radius 3 is 1.71 bits per heavy atom. The van der Waals surface area contributed by atoms with Gasteiger partial charge in [0.1, 0.15) is 11.6 Å². The van der Waals surface area contributed by atoms with Crippen LogP contribution in [-0.4, -0.2) is 9.97 Å². The third-order valence-corrected chi connectivity index (χ3v) is 2.59. The number of nitrogens with one attached hydrogen (secondary N) is 1. The van der Waals surface area contributed by atoms with E-state index in [4.69, 9.17) is 0 Å². The molecule has 17 heavy (non-hydrogen) atoms. The van der Waals surface area contributed by atoms with Gasteiger partial charge in [0.15, 0.2) is 0 Å². The maximum Gasteiger partial charge on any atom is 0.131 e. The summed E-state index contributed by atoms with van der Waals surface area (Å²) in [4.78, 5) is 8.98. The van der Waals surface area contributed by atoms with Crippen LogP contribution in [0, 0.1) is 0 Å². The number of anilines is 2. The topological polar surface area (TPSA) is 37.8 Å². The van der Waals surface area contributed by atoms with Crippen molar-refractivity contribution in [2.45, 2.75) is 26.7 Å². The van der Waals surface area contributed by atoms with Crippen LogP contribution in [0.2, 0.25) is 0 Å². The van der Waals surface area contributed by atoms with Crippen LogP contribution < -0.4 is 5.32 Å². The molecular weight excluding hydrogens is 210 g/mol. The molecule has 0 aliphatic rings. The van der Waals surface area contributed by atoms with Gasteiger partial charge in [0.25, 0.3) is 0 Å². The van der Waals surface area contributed by atoms with Crippen molar-refractivity contribution in [1.82, 2.24) is 9.97 Å². The molecule has 2 aromatic heterocycles. The largest absolute Gasteiger partial charge is 0.325 e. The zero-order chi connectivity index (χ0) is 12.1. The van der Waals surface area contributed by atoms with Gasteiger partial charge in [-0.1, -0.05) is 26.0 Å². The van der Waals surface area contributed by atoms with Crippen molar-refractivity contribution in [3.05, 3.63) is 47.8 Å². The minimum absolute atomic E-state index is 0.852. The Bertz CT molecular complexity index is 449. The van der Waals surface area contributed by atoms with Gasteiger partial charge in [-0.3, -0.25) is 0 Å². The van der Waals surface area contributed by atoms with Gasteiger partial charge < -0.3 is 5.32 Å². The van der Waals surface area contributed by atoms with E-state index in [2.05, 4.69) is 29.1 Å². The molecule has 0 saturated heterocycles. The second-order valence-corrected chi connectivity index (χ2v) is 3.86. The van der Waals surface area contributed by atoms with Crippen LogP contribution in [0.3, 0.4) is 0 Å². The fourth-order valence-electron chi connectivity index (χ4n) is 1.62. The molecule has 0 fully saturated rings. The van der Waals surface area contributed by atoms with Crippen LogP contribution in [0.25, 0.3) is 0 Å². The lowest BCUT2D eigenvalue weighted by atomic mass is 10.3. The summed E-state index contributed by atoms with van der Waals surface area (Å²) in [6.07, 6.45) is 1.88. The minimum atomic E-state index is 0.852. The summed E-state index contributed by atoms with van der Waals surface area (Å²) >= 11 is 0. The van der Waals surface area contributed by atoms with Gasteiger partial charge in [0.05, 0.1) is 0 Å². The van der Waals surface area contributed by atoms with E-state index in [1.54, 1.807) is 0 Å². The van der Waals surface area contributed by atoms with Gasteiger partial charge in [-0.2, -0.15) is 0 Å². The molecule has 88 valence electrons. The molecule has 0 atom stereocenters. The summed E-state index contributed by atoms with van der Waals surface area (Å²) in [5.41, 5.74) is 2.17. The lowest BCUT2D eigenvalue weighted by Gasteiger charge is -2.07. The van der Waals surface area contributed by atoms with E-state index in [0.717, 1.165) is 35.9 Å². The second-order valence-electron chi connectivity index (χ2n) is 3.86. The number of pyridine rings is 2. The molecule has 2 heterocycles. The van der Waals surface area contributed by atoms with Gasteiger partial charge in [-0.05, 0) is 37.1 Å². The first-order valence-corrected chi connectivity index (χ1v) is 6.00. The highest BCUT2D eigenvalue weighted by atomic mass is 15.1. The molecule has 1 N–H and O–H groups in total. The molecular formula is C14H17N3. The molecule has 0 aliphatic heterocycles. The Labute approximate surface area is 102 Å². The van der Waals surface area contributed by atoms with Crippen LogP contribution in [0.5, 0.6) is 0 Å². The van der Waals surface area contributed by atoms with Crippen molar-refractivity contribution in [2.24, 2.45) is 0 Å². The fourth-order valence-corrected chi connectivity index (χ4v) is 1.62. The molecule has 0 bridgehead atoms. The van der Waals surface area contributed by atoms with Crippen LogP contribution in [-0.2, 0) is 12.8 Å². The summed E-state index contributed by atoms with van der Waals surface area (Å²) in [6, 6.07) is 12.0. The Kier molecular flexibility index (Phi) is 3.70. The molecule has 0 radical (unpaired) electrons. The average molecular weight is 227 g/mol. The van der Waals surface area contributed by atoms with E-state index >= 15 is 0 Å². The number of hydrogen-bond donors (Lipinski definition) is 1. The summed E-state index contributed by atoms with van der Waals surface area (Å²) in [5.74, 6) is 1.70. The first-order valence-electron chi connectivity index (χ1n) is 6.00. The van der Waals surface area contributed by atoms with E-state index in [0.29, 0.717) is 0 Å². The third kappa shape index (κ3) is 3.03. The van der Waals surface area contributed by atoms with Gasteiger partial charge in [0, 0.05) is 11.4 Å². The van der Waals surface area contributed by atoms with Crippen LogP contribution in [0.1, 0.15) is 25.2 Å². The van der Waals surface area contributed by atoms with E-state index in [1.807, 2.05) is 36.4 Å². The molecule has 0 amide bonds. The van der Waals surface area contributed by atoms with Crippen molar-refractivity contribution in [2.75, 3.05) is 5.32 Å². The summed E-state index contributed by atoms with van der Waals surface area (Å²) in [5, 5.41) is 3.23. The maximum atomic E-state index is 4.49. The highest BCUT2D eigenvalue weighted by molar-refractivity contribution is 5.51. The predicted octanol–water partition coefficient (Wildman–Crippen LogP) is 3.35. The normalized spacial score (nSPS) is 10.2. The molecule has 0 aromatic carbocycles. The zero-order valence-electron chi connectivity index (χ0n) is 10.3. The van der Waals surface area contributed by atoms with Gasteiger partial charge in [-0.25, -0.2) is 9.97 Å². The first kappa shape index (κ1) is 11.6. The predicted molar refractivity (Wildman–Crippen MR) is 70.5 cm³/mol. The highest BCUT2D eigenvalue weighted by Gasteiger charge is 1.99. The number of aromatic nitrogens is 2. The standard InChI is InChI=1S/C14H17N3/c1-3-11-7-5-9-13(15-11)17-14-10-6-8-12(4-2)16-14/h5-10H,3-4H2,1-2H3,(H,15,16,17). The zero-order valence-corrected chi connectivity index (χ0v) is 10.3. The fraction of sp³-hybridized carbons (Fsp3) is 0.286. The molecule has 3 nitrogen and oxygen atoms in total. The smallest absolute Gasteiger partial charge is 0.131 e. The Morgan fingerprint density at radius 2 is 1.29 bits per heavy atom. The lowest BCUT2D eigenvalue weighted by molar-refractivity contribution is 1.02. The van der Waals surface area contributed by atoms with Crippen LogP contribution in [0.15, 0.2) is 36.4 Å². The number of hydrogen-bond acceptors (Lipinski definition) is 3. The van der Waals surface area contributed by atoms with Gasteiger partial charge in [0.2, 0.25) is 0 Å². The SMILES string of the molecule is CCc1cccc(Nc2cccc(CC)n2)n1. The minimum Gasteiger partial charge on any atom is -0.325 e. The number of aryl methyl sites for hydroxylation is 2. The monoisotopic (exact) mass is 227 g/mol. The van der Waals surface area contributed by atoms with Gasteiger partial charge >= 0.3 is 0 Å². The highest BCUT2D eigenvalue weighted by Crippen LogP contribution is 2.13. The van der Waals surface area contributed by atoms with Gasteiger partial charge in [-0.15, -0.1) is 0 Å². The van der Waals surface area contributed by atoms with E-state index in [1.165, 1.54) is 0 Å². The third-order valence-electron chi connectivity index (χ3n) is 2.59. The Balaban J connectivity index is 2.18. The van der Waals surface area contributed by atoms with E-state index < -0.39 is 0 Å². The maximum absolute atomic E-state index is 4.49. The Morgan fingerprint density at radius 1 is 0.824 bits per heavy atom. The van der Waals surface area contributed by atoms with Crippen molar-refractivity contribution in [1.29, 1.82) is 0 Å². The molecule has 3 heteroatoms. The number of rotatable bonds is 4. The quantitative estimate of drug-likeness (QED) is 0.870.